The van der Waals surface area contributed by atoms with Crippen molar-refractivity contribution in [3.8, 4) is 0 Å². The van der Waals surface area contributed by atoms with Crippen LogP contribution in [-0.2, 0) is 22.0 Å². The molecule has 3 N–H and O–H groups in total. The summed E-state index contributed by atoms with van der Waals surface area (Å²) in [6.45, 7) is 5.23. The Morgan fingerprint density at radius 2 is 2.09 bits per heavy atom. The largest absolute Gasteiger partial charge is 0.447 e. The number of anilines is 2. The molecule has 0 unspecified atom stereocenters. The van der Waals surface area contributed by atoms with Crippen molar-refractivity contribution in [2.24, 2.45) is 5.73 Å². The number of rotatable bonds is 6. The lowest BCUT2D eigenvalue weighted by Gasteiger charge is -2.29. The number of ether oxygens (including phenoxy) is 1. The lowest BCUT2D eigenvalue weighted by Crippen LogP contribution is -2.39. The SMILES string of the molecule is CC(C)(COC(N)=O)Nc1nc(N2CC=C(c3nc4ccccc4s3)CC2)nc2c1[S@@](=O)CC2. The Morgan fingerprint density at radius 1 is 1.26 bits per heavy atom. The minimum Gasteiger partial charge on any atom is -0.447 e. The Labute approximate surface area is 203 Å². The van der Waals surface area contributed by atoms with Crippen molar-refractivity contribution in [2.45, 2.75) is 37.1 Å². The molecule has 0 aliphatic carbocycles. The van der Waals surface area contributed by atoms with E-state index in [1.165, 1.54) is 10.3 Å². The van der Waals surface area contributed by atoms with E-state index in [0.717, 1.165) is 29.2 Å². The van der Waals surface area contributed by atoms with Gasteiger partial charge in [-0.1, -0.05) is 18.2 Å². The van der Waals surface area contributed by atoms with Crippen LogP contribution in [0.3, 0.4) is 0 Å². The molecule has 34 heavy (non-hydrogen) atoms. The quantitative estimate of drug-likeness (QED) is 0.530. The molecule has 2 aliphatic rings. The second-order valence-electron chi connectivity index (χ2n) is 8.98. The summed E-state index contributed by atoms with van der Waals surface area (Å²) in [5.74, 6) is 1.66. The maximum atomic E-state index is 12.7. The molecule has 0 radical (unpaired) electrons. The van der Waals surface area contributed by atoms with Crippen molar-refractivity contribution in [3.63, 3.8) is 0 Å². The highest BCUT2D eigenvalue weighted by molar-refractivity contribution is 7.85. The van der Waals surface area contributed by atoms with Gasteiger partial charge in [0.15, 0.2) is 0 Å². The van der Waals surface area contributed by atoms with Crippen LogP contribution < -0.4 is 16.0 Å². The molecule has 1 atom stereocenters. The summed E-state index contributed by atoms with van der Waals surface area (Å²) >= 11 is 1.72. The first-order valence-electron chi connectivity index (χ1n) is 11.1. The second kappa shape index (κ2) is 8.95. The number of fused-ring (bicyclic) bond motifs is 2. The number of aryl methyl sites for hydroxylation is 1. The van der Waals surface area contributed by atoms with E-state index < -0.39 is 22.4 Å². The number of thiazole rings is 1. The van der Waals surface area contributed by atoms with E-state index in [-0.39, 0.29) is 6.61 Å². The van der Waals surface area contributed by atoms with Gasteiger partial charge in [-0.25, -0.2) is 14.8 Å². The van der Waals surface area contributed by atoms with E-state index in [1.807, 2.05) is 32.0 Å². The molecule has 0 saturated carbocycles. The fraction of sp³-hybridized carbons (Fsp3) is 0.391. The first-order valence-corrected chi connectivity index (χ1v) is 13.2. The van der Waals surface area contributed by atoms with Gasteiger partial charge in [0.05, 0.1) is 32.2 Å². The maximum absolute atomic E-state index is 12.7. The average Bonchev–Trinajstić information content (AvgIpc) is 3.41. The molecule has 5 rings (SSSR count). The Balaban J connectivity index is 1.39. The Morgan fingerprint density at radius 3 is 2.82 bits per heavy atom. The number of para-hydroxylation sites is 1. The van der Waals surface area contributed by atoms with Gasteiger partial charge in [0.1, 0.15) is 22.3 Å². The highest BCUT2D eigenvalue weighted by Gasteiger charge is 2.31. The van der Waals surface area contributed by atoms with Crippen molar-refractivity contribution in [1.29, 1.82) is 0 Å². The monoisotopic (exact) mass is 498 g/mol. The Kier molecular flexibility index (Phi) is 5.98. The summed E-state index contributed by atoms with van der Waals surface area (Å²) in [4.78, 5) is 28.1. The molecule has 9 nitrogen and oxygen atoms in total. The zero-order valence-corrected chi connectivity index (χ0v) is 20.7. The van der Waals surface area contributed by atoms with Crippen LogP contribution in [0.5, 0.6) is 0 Å². The van der Waals surface area contributed by atoms with Crippen LogP contribution >= 0.6 is 11.3 Å². The predicted octanol–water partition coefficient (Wildman–Crippen LogP) is 3.33. The minimum absolute atomic E-state index is 0.0566. The topological polar surface area (TPSA) is 123 Å². The fourth-order valence-electron chi connectivity index (χ4n) is 4.07. The summed E-state index contributed by atoms with van der Waals surface area (Å²) in [5, 5.41) is 4.37. The summed E-state index contributed by atoms with van der Waals surface area (Å²) in [6.07, 6.45) is 2.84. The number of carbonyl (C=O) groups is 1. The van der Waals surface area contributed by atoms with E-state index in [9.17, 15) is 9.00 Å². The van der Waals surface area contributed by atoms with Gasteiger partial charge >= 0.3 is 6.09 Å². The van der Waals surface area contributed by atoms with Gasteiger partial charge in [-0.05, 0) is 38.0 Å². The number of carbonyl (C=O) groups excluding carboxylic acids is 1. The highest BCUT2D eigenvalue weighted by Crippen LogP contribution is 2.34. The Bertz CT molecular complexity index is 1290. The van der Waals surface area contributed by atoms with E-state index in [1.54, 1.807) is 11.3 Å². The average molecular weight is 499 g/mol. The maximum Gasteiger partial charge on any atom is 0.404 e. The number of aromatic nitrogens is 3. The minimum atomic E-state index is -1.17. The molecular weight excluding hydrogens is 472 g/mol. The lowest BCUT2D eigenvalue weighted by molar-refractivity contribution is 0.138. The number of hydrogen-bond acceptors (Lipinski definition) is 9. The normalized spacial score (nSPS) is 18.0. The van der Waals surface area contributed by atoms with Crippen LogP contribution in [0.25, 0.3) is 15.8 Å². The van der Waals surface area contributed by atoms with Gasteiger partial charge in [0.25, 0.3) is 0 Å². The second-order valence-corrected chi connectivity index (χ2v) is 11.5. The molecule has 0 saturated heterocycles. The number of amides is 1. The number of nitrogens with zero attached hydrogens (tertiary/aromatic N) is 4. The van der Waals surface area contributed by atoms with Crippen LogP contribution in [-0.4, -0.2) is 56.2 Å². The first kappa shape index (κ1) is 22.7. The highest BCUT2D eigenvalue weighted by atomic mass is 32.2. The summed E-state index contributed by atoms with van der Waals surface area (Å²) in [7, 11) is -1.17. The molecule has 11 heteroatoms. The summed E-state index contributed by atoms with van der Waals surface area (Å²) < 4.78 is 18.8. The standard InChI is InChI=1S/C23H26N6O3S2/c1-23(2,13-32-21(24)30)28-19-18-16(9-12-34(18)31)26-22(27-19)29-10-7-14(8-11-29)20-25-15-5-3-4-6-17(15)33-20/h3-7H,8-13H2,1-2H3,(H2,24,30)(H,26,27,28)/t34-/m0/s1. The zero-order valence-electron chi connectivity index (χ0n) is 19.0. The molecule has 0 fully saturated rings. The van der Waals surface area contributed by atoms with Gasteiger partial charge in [0, 0.05) is 25.3 Å². The third kappa shape index (κ3) is 4.62. The number of hydrogen-bond donors (Lipinski definition) is 2. The lowest BCUT2D eigenvalue weighted by atomic mass is 10.1. The molecule has 4 heterocycles. The molecule has 2 aliphatic heterocycles. The molecule has 0 bridgehead atoms. The van der Waals surface area contributed by atoms with Crippen LogP contribution in [0.15, 0.2) is 35.2 Å². The first-order chi connectivity index (χ1) is 16.3. The molecule has 1 aromatic carbocycles. The molecular formula is C23H26N6O3S2. The number of benzene rings is 1. The van der Waals surface area contributed by atoms with Crippen molar-refractivity contribution in [2.75, 3.05) is 35.7 Å². The molecule has 2 aromatic heterocycles. The van der Waals surface area contributed by atoms with Gasteiger partial charge in [0.2, 0.25) is 5.95 Å². The third-order valence-electron chi connectivity index (χ3n) is 5.77. The number of primary amides is 1. The number of nitrogens with two attached hydrogens (primary N) is 1. The van der Waals surface area contributed by atoms with Crippen LogP contribution in [0.4, 0.5) is 16.6 Å². The van der Waals surface area contributed by atoms with Gasteiger partial charge < -0.3 is 20.7 Å². The van der Waals surface area contributed by atoms with Crippen molar-refractivity contribution in [3.05, 3.63) is 41.0 Å². The molecule has 178 valence electrons. The van der Waals surface area contributed by atoms with E-state index >= 15 is 0 Å². The van der Waals surface area contributed by atoms with Crippen LogP contribution in [0.1, 0.15) is 31.0 Å². The summed E-state index contributed by atoms with van der Waals surface area (Å²) in [6, 6.07) is 8.18. The molecule has 0 spiro atoms. The zero-order chi connectivity index (χ0) is 23.9. The van der Waals surface area contributed by atoms with E-state index in [0.29, 0.717) is 35.4 Å². The van der Waals surface area contributed by atoms with Crippen LogP contribution in [0.2, 0.25) is 0 Å². The van der Waals surface area contributed by atoms with Gasteiger partial charge in [-0.2, -0.15) is 4.98 Å². The van der Waals surface area contributed by atoms with Crippen LogP contribution in [0, 0.1) is 0 Å². The third-order valence-corrected chi connectivity index (χ3v) is 8.34. The van der Waals surface area contributed by atoms with Gasteiger partial charge in [-0.15, -0.1) is 11.3 Å². The summed E-state index contributed by atoms with van der Waals surface area (Å²) in [5.41, 5.74) is 7.54. The molecule has 3 aromatic rings. The number of nitrogens with one attached hydrogen (secondary N) is 1. The van der Waals surface area contributed by atoms with Crippen molar-refractivity contribution in [1.82, 2.24) is 15.0 Å². The predicted molar refractivity (Wildman–Crippen MR) is 135 cm³/mol. The van der Waals surface area contributed by atoms with Crippen molar-refractivity contribution >= 4 is 55.8 Å². The van der Waals surface area contributed by atoms with Crippen molar-refractivity contribution < 1.29 is 13.7 Å². The van der Waals surface area contributed by atoms with E-state index in [2.05, 4.69) is 22.4 Å². The Hall–Kier alpha value is -3.05. The van der Waals surface area contributed by atoms with Gasteiger partial charge in [-0.3, -0.25) is 4.21 Å². The van der Waals surface area contributed by atoms with E-state index in [4.69, 9.17) is 25.4 Å². The fourth-order valence-corrected chi connectivity index (χ4v) is 6.41. The smallest absolute Gasteiger partial charge is 0.404 e. The molecule has 1 amide bonds.